The van der Waals surface area contributed by atoms with Crippen LogP contribution < -0.4 is 0 Å². The summed E-state index contributed by atoms with van der Waals surface area (Å²) >= 11 is 1.83. The molecule has 29 heavy (non-hydrogen) atoms. The smallest absolute Gasteiger partial charge is 0.282 e. The molecule has 0 radical (unpaired) electrons. The van der Waals surface area contributed by atoms with Crippen LogP contribution in [0.2, 0.25) is 0 Å². The zero-order chi connectivity index (χ0) is 20.3. The zero-order valence-electron chi connectivity index (χ0n) is 17.1. The normalized spacial score (nSPS) is 25.1. The van der Waals surface area contributed by atoms with Gasteiger partial charge in [0, 0.05) is 10.1 Å². The lowest BCUT2D eigenvalue weighted by Crippen LogP contribution is -2.26. The summed E-state index contributed by atoms with van der Waals surface area (Å²) in [5.74, 6) is 0.560. The molecule has 0 bridgehead atoms. The molecule has 3 aliphatic rings. The summed E-state index contributed by atoms with van der Waals surface area (Å²) in [4.78, 5) is 1.52. The second-order valence-corrected chi connectivity index (χ2v) is 11.5. The molecule has 1 aromatic carbocycles. The fourth-order valence-corrected chi connectivity index (χ4v) is 7.69. The van der Waals surface area contributed by atoms with Gasteiger partial charge in [0.2, 0.25) is 0 Å². The lowest BCUT2D eigenvalue weighted by Gasteiger charge is -2.35. The highest BCUT2D eigenvalue weighted by Gasteiger charge is 2.37. The van der Waals surface area contributed by atoms with Crippen molar-refractivity contribution in [2.45, 2.75) is 80.8 Å². The monoisotopic (exact) mass is 432 g/mol. The number of hydrogen-bond donors (Lipinski definition) is 1. The van der Waals surface area contributed by atoms with Crippen LogP contribution in [0.3, 0.4) is 0 Å². The molecule has 3 nitrogen and oxygen atoms in total. The van der Waals surface area contributed by atoms with E-state index in [0.717, 1.165) is 68.9 Å². The van der Waals surface area contributed by atoms with E-state index in [1.165, 1.54) is 17.7 Å². The fraction of sp³-hybridized carbons (Fsp3) is 0.583. The first-order chi connectivity index (χ1) is 14.0. The van der Waals surface area contributed by atoms with Gasteiger partial charge >= 0.3 is 0 Å². The van der Waals surface area contributed by atoms with Gasteiger partial charge in [-0.3, -0.25) is 4.55 Å². The predicted octanol–water partition coefficient (Wildman–Crippen LogP) is 6.78. The molecule has 3 aliphatic carbocycles. The Balaban J connectivity index is 1.74. The molecule has 1 atom stereocenters. The van der Waals surface area contributed by atoms with Crippen molar-refractivity contribution in [2.75, 3.05) is 0 Å². The van der Waals surface area contributed by atoms with Crippen molar-refractivity contribution in [3.63, 3.8) is 0 Å². The first-order valence-corrected chi connectivity index (χ1v) is 13.5. The van der Waals surface area contributed by atoms with E-state index in [9.17, 15) is 13.0 Å². The van der Waals surface area contributed by atoms with Crippen LogP contribution in [0.15, 0.2) is 57.4 Å². The largest absolute Gasteiger partial charge is 0.294 e. The highest BCUT2D eigenvalue weighted by Crippen LogP contribution is 2.47. The summed E-state index contributed by atoms with van der Waals surface area (Å²) in [5, 5.41) is 0.233. The Morgan fingerprint density at radius 1 is 0.828 bits per heavy atom. The Morgan fingerprint density at radius 3 is 2.00 bits per heavy atom. The molecule has 0 saturated heterocycles. The van der Waals surface area contributed by atoms with Crippen molar-refractivity contribution in [2.24, 2.45) is 11.8 Å². The van der Waals surface area contributed by atoms with Crippen LogP contribution in [0.25, 0.3) is 0 Å². The maximum Gasteiger partial charge on any atom is 0.294 e. The number of thioether (sulfide) groups is 1. The molecule has 1 N–H and O–H groups in total. The molecule has 0 spiro atoms. The third kappa shape index (κ3) is 5.18. The van der Waals surface area contributed by atoms with E-state index in [2.05, 4.69) is 30.3 Å². The minimum absolute atomic E-state index is 0.233. The van der Waals surface area contributed by atoms with Gasteiger partial charge in [-0.2, -0.15) is 8.42 Å². The van der Waals surface area contributed by atoms with Gasteiger partial charge in [0.1, 0.15) is 0 Å². The van der Waals surface area contributed by atoms with Crippen LogP contribution in [0, 0.1) is 11.8 Å². The van der Waals surface area contributed by atoms with Gasteiger partial charge in [-0.25, -0.2) is 0 Å². The van der Waals surface area contributed by atoms with Crippen LogP contribution in [0.1, 0.15) is 70.6 Å². The lowest BCUT2D eigenvalue weighted by molar-refractivity contribution is 0.383. The Labute approximate surface area is 179 Å². The average molecular weight is 433 g/mol. The van der Waals surface area contributed by atoms with Crippen LogP contribution in [0.5, 0.6) is 0 Å². The number of hydrogen-bond acceptors (Lipinski definition) is 3. The second kappa shape index (κ2) is 9.40. The maximum atomic E-state index is 12.6. The SMILES string of the molecule is O=S(=O)(O)C1=C(C2CCCCC2)CC(Sc2ccccc2)C=C1C1CCCCC1. The summed E-state index contributed by atoms with van der Waals surface area (Å²) in [6, 6.07) is 10.4. The van der Waals surface area contributed by atoms with Crippen molar-refractivity contribution in [1.29, 1.82) is 0 Å². The Kier molecular flexibility index (Phi) is 6.87. The summed E-state index contributed by atoms with van der Waals surface area (Å²) in [6.07, 6.45) is 14.2. The van der Waals surface area contributed by atoms with E-state index in [-0.39, 0.29) is 11.2 Å². The van der Waals surface area contributed by atoms with Crippen molar-refractivity contribution in [3.05, 3.63) is 52.5 Å². The maximum absolute atomic E-state index is 12.6. The highest BCUT2D eigenvalue weighted by atomic mass is 32.2. The average Bonchev–Trinajstić information content (AvgIpc) is 2.74. The van der Waals surface area contributed by atoms with Crippen LogP contribution in [-0.4, -0.2) is 18.2 Å². The molecule has 2 fully saturated rings. The van der Waals surface area contributed by atoms with E-state index in [1.807, 2.05) is 17.8 Å². The third-order valence-electron chi connectivity index (χ3n) is 6.77. The van der Waals surface area contributed by atoms with Gasteiger partial charge in [-0.15, -0.1) is 11.8 Å². The first kappa shape index (κ1) is 21.2. The molecule has 1 aromatic rings. The molecule has 0 aliphatic heterocycles. The summed E-state index contributed by atoms with van der Waals surface area (Å²) in [5.41, 5.74) is 1.94. The van der Waals surface area contributed by atoms with E-state index < -0.39 is 10.1 Å². The van der Waals surface area contributed by atoms with E-state index in [4.69, 9.17) is 0 Å². The van der Waals surface area contributed by atoms with Crippen molar-refractivity contribution < 1.29 is 13.0 Å². The minimum atomic E-state index is -4.22. The Bertz CT molecular complexity index is 859. The van der Waals surface area contributed by atoms with E-state index in [0.29, 0.717) is 10.8 Å². The number of allylic oxidation sites excluding steroid dienone is 2. The standard InChI is InChI=1S/C24H32O3S2/c25-29(26,27)24-22(18-10-4-1-5-11-18)16-21(28-20-14-8-3-9-15-20)17-23(24)19-12-6-2-7-13-19/h3,8-9,14-16,18-19,21H,1-2,4-7,10-13,17H2,(H,25,26,27). The Morgan fingerprint density at radius 2 is 1.41 bits per heavy atom. The molecular weight excluding hydrogens is 400 g/mol. The van der Waals surface area contributed by atoms with Gasteiger partial charge < -0.3 is 0 Å². The van der Waals surface area contributed by atoms with Crippen LogP contribution in [0.4, 0.5) is 0 Å². The fourth-order valence-electron chi connectivity index (χ4n) is 5.43. The van der Waals surface area contributed by atoms with Crippen molar-refractivity contribution in [3.8, 4) is 0 Å². The molecule has 158 valence electrons. The molecule has 0 aromatic heterocycles. The Hall–Kier alpha value is -1.04. The highest BCUT2D eigenvalue weighted by molar-refractivity contribution is 8.00. The van der Waals surface area contributed by atoms with Gasteiger partial charge in [-0.1, -0.05) is 62.8 Å². The minimum Gasteiger partial charge on any atom is -0.282 e. The first-order valence-electron chi connectivity index (χ1n) is 11.2. The van der Waals surface area contributed by atoms with Crippen molar-refractivity contribution >= 4 is 21.9 Å². The molecule has 4 rings (SSSR count). The van der Waals surface area contributed by atoms with Crippen molar-refractivity contribution in [1.82, 2.24) is 0 Å². The molecule has 0 amide bonds. The topological polar surface area (TPSA) is 54.4 Å². The third-order valence-corrected chi connectivity index (χ3v) is 8.94. The van der Waals surface area contributed by atoms with E-state index >= 15 is 0 Å². The zero-order valence-corrected chi connectivity index (χ0v) is 18.7. The summed E-state index contributed by atoms with van der Waals surface area (Å²) in [7, 11) is -4.22. The van der Waals surface area contributed by atoms with Gasteiger partial charge in [0.15, 0.2) is 0 Å². The van der Waals surface area contributed by atoms with Gasteiger partial charge in [-0.05, 0) is 67.2 Å². The van der Waals surface area contributed by atoms with Crippen LogP contribution in [-0.2, 0) is 10.1 Å². The number of rotatable bonds is 5. The lowest BCUT2D eigenvalue weighted by atomic mass is 9.75. The summed E-state index contributed by atoms with van der Waals surface area (Å²) in [6.45, 7) is 0. The molecule has 5 heteroatoms. The summed E-state index contributed by atoms with van der Waals surface area (Å²) < 4.78 is 35.5. The molecular formula is C24H32O3S2. The second-order valence-electron chi connectivity index (χ2n) is 8.79. The van der Waals surface area contributed by atoms with Gasteiger partial charge in [0.05, 0.1) is 4.91 Å². The van der Waals surface area contributed by atoms with Gasteiger partial charge in [0.25, 0.3) is 10.1 Å². The number of benzene rings is 1. The molecule has 0 heterocycles. The quantitative estimate of drug-likeness (QED) is 0.521. The molecule has 1 unspecified atom stereocenters. The van der Waals surface area contributed by atoms with E-state index in [1.54, 1.807) is 0 Å². The van der Waals surface area contributed by atoms with Crippen LogP contribution >= 0.6 is 11.8 Å². The molecule has 2 saturated carbocycles. The predicted molar refractivity (Wildman–Crippen MR) is 121 cm³/mol.